The van der Waals surface area contributed by atoms with Crippen LogP contribution in [0.4, 0.5) is 0 Å². The van der Waals surface area contributed by atoms with E-state index in [0.717, 1.165) is 0 Å². The van der Waals surface area contributed by atoms with E-state index >= 15 is 0 Å². The number of sulfone groups is 1. The van der Waals surface area contributed by atoms with Crippen LogP contribution in [0.15, 0.2) is 42.0 Å². The third-order valence-electron chi connectivity index (χ3n) is 2.80. The van der Waals surface area contributed by atoms with Gasteiger partial charge in [-0.2, -0.15) is 0 Å². The van der Waals surface area contributed by atoms with E-state index in [1.165, 1.54) is 23.0 Å². The van der Waals surface area contributed by atoms with E-state index in [9.17, 15) is 18.3 Å². The average molecular weight is 311 g/mol. The van der Waals surface area contributed by atoms with Crippen molar-refractivity contribution in [1.82, 2.24) is 4.98 Å². The molecule has 2 aromatic rings. The zero-order valence-corrected chi connectivity index (χ0v) is 12.1. The predicted molar refractivity (Wildman–Crippen MR) is 76.3 cm³/mol. The molecule has 0 bridgehead atoms. The van der Waals surface area contributed by atoms with Crippen molar-refractivity contribution in [2.75, 3.05) is 0 Å². The Hall–Kier alpha value is -1.73. The first-order valence-corrected chi connectivity index (χ1v) is 8.44. The second-order valence-corrected chi connectivity index (χ2v) is 7.45. The first kappa shape index (κ1) is 14.7. The lowest BCUT2D eigenvalue weighted by atomic mass is 10.1. The number of carboxylic acids is 1. The van der Waals surface area contributed by atoms with Crippen LogP contribution < -0.4 is 0 Å². The van der Waals surface area contributed by atoms with Crippen molar-refractivity contribution in [1.29, 1.82) is 0 Å². The minimum atomic E-state index is -3.77. The van der Waals surface area contributed by atoms with Crippen molar-refractivity contribution in [2.24, 2.45) is 0 Å². The van der Waals surface area contributed by atoms with Gasteiger partial charge in [0.15, 0.2) is 15.1 Å². The lowest BCUT2D eigenvalue weighted by molar-refractivity contribution is -0.136. The highest BCUT2D eigenvalue weighted by Gasteiger charge is 2.33. The van der Waals surface area contributed by atoms with Crippen molar-refractivity contribution in [3.05, 3.63) is 52.5 Å². The molecule has 0 saturated heterocycles. The van der Waals surface area contributed by atoms with Gasteiger partial charge in [-0.25, -0.2) is 8.42 Å². The molecule has 2 rings (SSSR count). The second kappa shape index (κ2) is 6.15. The molecule has 0 fully saturated rings. The fourth-order valence-corrected chi connectivity index (χ4v) is 4.38. The van der Waals surface area contributed by atoms with Crippen LogP contribution in [0.2, 0.25) is 0 Å². The number of aromatic nitrogens is 1. The maximum Gasteiger partial charge on any atom is 0.322 e. The van der Waals surface area contributed by atoms with Crippen LogP contribution in [0.3, 0.4) is 0 Å². The van der Waals surface area contributed by atoms with Crippen molar-refractivity contribution in [3.63, 3.8) is 0 Å². The highest BCUT2D eigenvalue weighted by molar-refractivity contribution is 7.92. The van der Waals surface area contributed by atoms with Gasteiger partial charge < -0.3 is 5.11 Å². The zero-order valence-electron chi connectivity index (χ0n) is 10.5. The summed E-state index contributed by atoms with van der Waals surface area (Å²) in [5, 5.41) is 7.77. The quantitative estimate of drug-likeness (QED) is 0.878. The molecule has 0 aliphatic heterocycles. The highest BCUT2D eigenvalue weighted by Crippen LogP contribution is 2.18. The van der Waals surface area contributed by atoms with E-state index in [4.69, 9.17) is 0 Å². The molecule has 1 unspecified atom stereocenters. The molecule has 1 heterocycles. The number of rotatable bonds is 6. The molecule has 0 aliphatic carbocycles. The molecule has 7 heteroatoms. The zero-order chi connectivity index (χ0) is 14.6. The third kappa shape index (κ3) is 3.64. The first-order valence-electron chi connectivity index (χ1n) is 5.85. The Morgan fingerprint density at radius 1 is 1.30 bits per heavy atom. The lowest BCUT2D eigenvalue weighted by Crippen LogP contribution is -2.33. The molecule has 0 radical (unpaired) electrons. The largest absolute Gasteiger partial charge is 0.480 e. The SMILES string of the molecule is O=C(O)C(Cc1ccccc1)S(=O)(=O)Cc1cncs1. The Kier molecular flexibility index (Phi) is 4.51. The second-order valence-electron chi connectivity index (χ2n) is 4.29. The third-order valence-corrected chi connectivity index (χ3v) is 5.71. The normalized spacial score (nSPS) is 13.0. The average Bonchev–Trinajstić information content (AvgIpc) is 2.88. The Morgan fingerprint density at radius 3 is 2.55 bits per heavy atom. The Bertz CT molecular complexity index is 666. The molecule has 1 aromatic heterocycles. The van der Waals surface area contributed by atoms with Crippen LogP contribution >= 0.6 is 11.3 Å². The van der Waals surface area contributed by atoms with Gasteiger partial charge >= 0.3 is 5.97 Å². The lowest BCUT2D eigenvalue weighted by Gasteiger charge is -2.13. The molecule has 106 valence electrons. The molecule has 0 saturated carbocycles. The molecule has 1 N–H and O–H groups in total. The summed E-state index contributed by atoms with van der Waals surface area (Å²) >= 11 is 1.20. The number of carbonyl (C=O) groups is 1. The molecule has 0 amide bonds. The van der Waals surface area contributed by atoms with Gasteiger partial charge in [-0.1, -0.05) is 30.3 Å². The van der Waals surface area contributed by atoms with Crippen LogP contribution in [0.25, 0.3) is 0 Å². The molecule has 0 spiro atoms. The summed E-state index contributed by atoms with van der Waals surface area (Å²) in [7, 11) is -3.77. The summed E-state index contributed by atoms with van der Waals surface area (Å²) in [5.41, 5.74) is 2.21. The van der Waals surface area contributed by atoms with Gasteiger partial charge in [0.25, 0.3) is 0 Å². The van der Waals surface area contributed by atoms with E-state index in [2.05, 4.69) is 4.98 Å². The Balaban J connectivity index is 2.22. The number of aliphatic carboxylic acids is 1. The van der Waals surface area contributed by atoms with E-state index in [1.54, 1.807) is 30.3 Å². The maximum atomic E-state index is 12.2. The highest BCUT2D eigenvalue weighted by atomic mass is 32.2. The van der Waals surface area contributed by atoms with Gasteiger partial charge in [-0.05, 0) is 12.0 Å². The molecular weight excluding hydrogens is 298 g/mol. The van der Waals surface area contributed by atoms with Crippen molar-refractivity contribution in [3.8, 4) is 0 Å². The Labute approximate surface area is 120 Å². The van der Waals surface area contributed by atoms with Gasteiger partial charge in [-0.15, -0.1) is 11.3 Å². The van der Waals surface area contributed by atoms with Gasteiger partial charge in [-0.3, -0.25) is 9.78 Å². The fourth-order valence-electron chi connectivity index (χ4n) is 1.81. The van der Waals surface area contributed by atoms with E-state index < -0.39 is 21.1 Å². The molecule has 0 aliphatic rings. The smallest absolute Gasteiger partial charge is 0.322 e. The van der Waals surface area contributed by atoms with Crippen LogP contribution in [0.5, 0.6) is 0 Å². The number of hydrogen-bond donors (Lipinski definition) is 1. The van der Waals surface area contributed by atoms with Crippen molar-refractivity contribution in [2.45, 2.75) is 17.4 Å². The van der Waals surface area contributed by atoms with Crippen molar-refractivity contribution >= 4 is 27.1 Å². The number of carboxylic acid groups (broad SMARTS) is 1. The summed E-state index contributed by atoms with van der Waals surface area (Å²) in [6.07, 6.45) is 1.42. The van der Waals surface area contributed by atoms with Crippen LogP contribution in [0.1, 0.15) is 10.4 Å². The van der Waals surface area contributed by atoms with E-state index in [1.807, 2.05) is 0 Å². The standard InChI is InChI=1S/C13H13NO4S2/c15-13(16)12(6-10-4-2-1-3-5-10)20(17,18)8-11-7-14-9-19-11/h1-5,7,9,12H,6,8H2,(H,15,16). The van der Waals surface area contributed by atoms with Crippen LogP contribution in [-0.2, 0) is 26.8 Å². The summed E-state index contributed by atoms with van der Waals surface area (Å²) in [6, 6.07) is 8.75. The van der Waals surface area contributed by atoms with Gasteiger partial charge in [0, 0.05) is 11.1 Å². The number of thiazole rings is 1. The number of benzene rings is 1. The fraction of sp³-hybridized carbons (Fsp3) is 0.231. The van der Waals surface area contributed by atoms with Crippen LogP contribution in [-0.4, -0.2) is 29.7 Å². The summed E-state index contributed by atoms with van der Waals surface area (Å²) in [4.78, 5) is 15.6. The molecule has 20 heavy (non-hydrogen) atoms. The summed E-state index contributed by atoms with van der Waals surface area (Å²) in [5.74, 6) is -1.61. The summed E-state index contributed by atoms with van der Waals surface area (Å²) in [6.45, 7) is 0. The molecule has 1 aromatic carbocycles. The van der Waals surface area contributed by atoms with Crippen molar-refractivity contribution < 1.29 is 18.3 Å². The molecule has 1 atom stereocenters. The Morgan fingerprint density at radius 2 is 2.00 bits per heavy atom. The van der Waals surface area contributed by atoms with Crippen LogP contribution in [0, 0.1) is 0 Å². The number of hydrogen-bond acceptors (Lipinski definition) is 5. The van der Waals surface area contributed by atoms with E-state index in [-0.39, 0.29) is 12.2 Å². The topological polar surface area (TPSA) is 84.3 Å². The van der Waals surface area contributed by atoms with Gasteiger partial charge in [0.05, 0.1) is 11.3 Å². The number of nitrogens with zero attached hydrogens (tertiary/aromatic N) is 1. The first-order chi connectivity index (χ1) is 9.49. The minimum absolute atomic E-state index is 0.0304. The molecular formula is C13H13NO4S2. The van der Waals surface area contributed by atoms with Gasteiger partial charge in [0.2, 0.25) is 0 Å². The predicted octanol–water partition coefficient (Wildman–Crippen LogP) is 1.75. The van der Waals surface area contributed by atoms with E-state index in [0.29, 0.717) is 10.4 Å². The minimum Gasteiger partial charge on any atom is -0.480 e. The monoisotopic (exact) mass is 311 g/mol. The summed E-state index contributed by atoms with van der Waals surface area (Å²) < 4.78 is 24.5. The maximum absolute atomic E-state index is 12.2. The van der Waals surface area contributed by atoms with Gasteiger partial charge in [0.1, 0.15) is 0 Å². The molecule has 5 nitrogen and oxygen atoms in total.